The van der Waals surface area contributed by atoms with Crippen molar-refractivity contribution in [3.8, 4) is 22.5 Å². The Hall–Kier alpha value is -9.10. The zero-order valence-electron chi connectivity index (χ0n) is 70.7. The van der Waals surface area contributed by atoms with Crippen molar-refractivity contribution in [1.29, 1.82) is 0 Å². The summed E-state index contributed by atoms with van der Waals surface area (Å²) in [5.74, 6) is 0.534. The van der Waals surface area contributed by atoms with Crippen LogP contribution in [-0.4, -0.2) is 165 Å². The van der Waals surface area contributed by atoms with Gasteiger partial charge in [0.05, 0.1) is 31.5 Å². The fraction of sp³-hybridized carbons (Fsp3) is 0.226. The van der Waals surface area contributed by atoms with Gasteiger partial charge in [-0.2, -0.15) is 0 Å². The van der Waals surface area contributed by atoms with Crippen molar-refractivity contribution >= 4 is 250 Å². The van der Waals surface area contributed by atoms with E-state index in [1.165, 1.54) is 50.1 Å². The zero-order chi connectivity index (χ0) is 88.0. The fourth-order valence-corrected chi connectivity index (χ4v) is 19.8. The summed E-state index contributed by atoms with van der Waals surface area (Å²) >= 11 is 19.4. The van der Waals surface area contributed by atoms with Gasteiger partial charge in [0.1, 0.15) is 3.74 Å². The van der Waals surface area contributed by atoms with Crippen LogP contribution in [0.5, 0.6) is 0 Å². The van der Waals surface area contributed by atoms with Crippen LogP contribution < -0.4 is 44.4 Å². The molecule has 18 nitrogen and oxygen atoms in total. The topological polar surface area (TPSA) is 204 Å². The summed E-state index contributed by atoms with van der Waals surface area (Å²) in [5.41, 5.74) is 30.0. The molecule has 0 atom stereocenters. The molecule has 5 heterocycles. The van der Waals surface area contributed by atoms with E-state index >= 15 is 0 Å². The molecule has 0 saturated heterocycles. The number of anilines is 8. The monoisotopic (exact) mass is 2090 g/mol. The fourth-order valence-electron chi connectivity index (χ4n) is 11.4. The van der Waals surface area contributed by atoms with E-state index in [1.54, 1.807) is 57.4 Å². The van der Waals surface area contributed by atoms with Gasteiger partial charge in [0.2, 0.25) is 0 Å². The first kappa shape index (κ1) is 96.4. The number of alkyl halides is 3. The Morgan fingerprint density at radius 2 is 0.742 bits per heavy atom. The number of benzene rings is 10. The van der Waals surface area contributed by atoms with E-state index in [2.05, 4.69) is 229 Å². The van der Waals surface area contributed by atoms with Crippen molar-refractivity contribution in [3.63, 3.8) is 0 Å². The van der Waals surface area contributed by atoms with Crippen molar-refractivity contribution in [3.05, 3.63) is 274 Å². The van der Waals surface area contributed by atoms with Crippen LogP contribution in [0.2, 0.25) is 14.8 Å². The third kappa shape index (κ3) is 27.7. The SMILES string of the molecule is CC(=O)c1ccc(N(C)C)cc1.CC(=O)c1ccc(N)cc1.CCC(=O)c1ccc(N(C)C)cc1.CN(C)c1ccc(-c2cn3c(n2)sc2c[c]([Sn]([CH3])([CH3])[CH3])ccc23)cc1.CN(C)c1ccc(-c2cn3c(n2)sc2cc(Br)ccc23)cc1.CN(C)c1ccc(C(=O)C(Br)Br)cc1.CN(C)c1ccc(C(=O)CBr)cc1.Nc1nc2ccc(Br)cc2s1. The number of halogens is 5. The number of hydrogen-bond donors (Lipinski definition) is 2. The van der Waals surface area contributed by atoms with E-state index in [4.69, 9.17) is 21.4 Å². The number of imidazole rings is 2. The normalized spacial score (nSPS) is 10.7. The van der Waals surface area contributed by atoms with E-state index in [1.807, 2.05) is 212 Å². The van der Waals surface area contributed by atoms with Gasteiger partial charge in [-0.05, 0) is 184 Å². The Kier molecular flexibility index (Phi) is 36.3. The smallest absolute Gasteiger partial charge is 0.195 e. The predicted molar refractivity (Wildman–Crippen MR) is 536 cm³/mol. The molecule has 0 aliphatic heterocycles. The molecule has 0 radical (unpaired) electrons. The summed E-state index contributed by atoms with van der Waals surface area (Å²) in [6.45, 7) is 4.98. The van der Waals surface area contributed by atoms with Gasteiger partial charge in [-0.15, -0.1) is 0 Å². The second-order valence-corrected chi connectivity index (χ2v) is 52.9. The molecule has 0 aliphatic rings. The van der Waals surface area contributed by atoms with Gasteiger partial charge in [0.15, 0.2) is 39.0 Å². The second kappa shape index (κ2) is 45.2. The number of carbonyl (C=O) groups excluding carboxylic acids is 5. The largest absolute Gasteiger partial charge is 0.378 e. The molecule has 0 fully saturated rings. The summed E-state index contributed by atoms with van der Waals surface area (Å²) in [6, 6.07) is 73.6. The number of fused-ring (bicyclic) bond motifs is 7. The molecule has 0 amide bonds. The average molecular weight is 2100 g/mol. The van der Waals surface area contributed by atoms with Crippen LogP contribution >= 0.6 is 114 Å². The minimum absolute atomic E-state index is 0.0373. The Labute approximate surface area is 762 Å². The molecule has 15 rings (SSSR count). The molecule has 15 aromatic rings. The van der Waals surface area contributed by atoms with Crippen LogP contribution in [0.4, 0.5) is 44.9 Å². The van der Waals surface area contributed by atoms with Gasteiger partial charge in [-0.1, -0.05) is 121 Å². The molecular weight excluding hydrogens is 1990 g/mol. The van der Waals surface area contributed by atoms with Crippen molar-refractivity contribution in [2.24, 2.45) is 0 Å². The van der Waals surface area contributed by atoms with Gasteiger partial charge < -0.3 is 36.0 Å². The standard InChI is InChI=1S/C17H14BrN3S.C17H14N3S.C11H15NO.C10H11Br2NO.C10H12BrNO.C10H13NO.C8H9NO.C7H5BrN2S.3CH3.Sn/c1-20(2)13-6-3-11(4-7-13)14-10-21-15-8-5-12(18)9-16(15)22-17(21)19-14;1-19(2)13-9-7-12(8-10-13)14-11-20-15-5-3-4-6-16(15)21-17(20)18-14;1-4-11(13)9-5-7-10(8-6-9)12(2)3;1-13(2)8-5-3-7(4-6-8)9(14)10(11)12;1-12(2)9-5-3-8(4-6-9)10(13)7-11;1-8(12)9-4-6-10(7-5-9)11(2)3;1-6(10)7-2-4-8(9)5-3-7;8-4-1-2-5-6(3-4)11-7(9)10-5;;;;/h3-10H,1-2H3;3,5-11H,1-2H3;5-8H,4H2,1-3H3;3-6,10H,1-2H3;3-6H,7H2,1-2H3;4-7H,1-3H3;2-5H,9H2,1H3;1-3H,(H2,9,10);3*1H3;. The summed E-state index contributed by atoms with van der Waals surface area (Å²) in [4.78, 5) is 91.2. The Bertz CT molecular complexity index is 5840. The van der Waals surface area contributed by atoms with Crippen LogP contribution in [0, 0.1) is 0 Å². The quantitative estimate of drug-likeness (QED) is 0.0376. The summed E-state index contributed by atoms with van der Waals surface area (Å²) < 4.78 is 11.5. The maximum Gasteiger partial charge on any atom is 0.195 e. The molecule has 0 unspecified atom stereocenters. The molecule has 0 saturated carbocycles. The number of nitrogens with two attached hydrogens (primary N) is 2. The van der Waals surface area contributed by atoms with Gasteiger partial charge in [-0.3, -0.25) is 28.4 Å². The van der Waals surface area contributed by atoms with Gasteiger partial charge >= 0.3 is 143 Å². The van der Waals surface area contributed by atoms with E-state index in [0.29, 0.717) is 33.7 Å². The van der Waals surface area contributed by atoms with Crippen molar-refractivity contribution < 1.29 is 24.0 Å². The molecule has 120 heavy (non-hydrogen) atoms. The number of hydrogen-bond acceptors (Lipinski definition) is 19. The summed E-state index contributed by atoms with van der Waals surface area (Å²) in [5, 5.41) is 1.01. The van der Waals surface area contributed by atoms with Crippen molar-refractivity contribution in [2.45, 2.75) is 45.7 Å². The Morgan fingerprint density at radius 3 is 1.10 bits per heavy atom. The van der Waals surface area contributed by atoms with Crippen LogP contribution in [0.25, 0.3) is 63.1 Å². The number of rotatable bonds is 17. The Balaban J connectivity index is 0.000000175. The molecule has 27 heteroatoms. The molecular formula is C93H102Br5N13O5S3Sn. The first-order valence-electron chi connectivity index (χ1n) is 38.1. The van der Waals surface area contributed by atoms with E-state index < -0.39 is 18.4 Å². The molecule has 0 spiro atoms. The number of ketones is 5. The number of nitrogens with zero attached hydrogens (tertiary/aromatic N) is 11. The van der Waals surface area contributed by atoms with Crippen LogP contribution in [0.1, 0.15) is 79.0 Å². The van der Waals surface area contributed by atoms with Gasteiger partial charge in [-0.25, -0.2) is 9.97 Å². The Morgan fingerprint density at radius 1 is 0.408 bits per heavy atom. The first-order chi connectivity index (χ1) is 56.8. The van der Waals surface area contributed by atoms with E-state index in [-0.39, 0.29) is 32.7 Å². The molecule has 0 aliphatic carbocycles. The molecule has 5 aromatic heterocycles. The third-order valence-electron chi connectivity index (χ3n) is 18.6. The molecule has 4 N–H and O–H groups in total. The van der Waals surface area contributed by atoms with E-state index in [0.717, 1.165) is 91.0 Å². The minimum atomic E-state index is -2.03. The molecule has 626 valence electrons. The van der Waals surface area contributed by atoms with Gasteiger partial charge in [0.25, 0.3) is 0 Å². The predicted octanol–water partition coefficient (Wildman–Crippen LogP) is 23.7. The van der Waals surface area contributed by atoms with Crippen LogP contribution in [-0.2, 0) is 0 Å². The van der Waals surface area contributed by atoms with E-state index in [9.17, 15) is 24.0 Å². The van der Waals surface area contributed by atoms with Gasteiger partial charge in [0, 0.05) is 174 Å². The van der Waals surface area contributed by atoms with Crippen LogP contribution in [0.3, 0.4) is 0 Å². The minimum Gasteiger partial charge on any atom is -0.378 e. The maximum atomic E-state index is 11.5. The third-order valence-corrected chi connectivity index (χ3v) is 29.6. The van der Waals surface area contributed by atoms with Crippen molar-refractivity contribution in [2.75, 3.05) is 131 Å². The molecule has 0 bridgehead atoms. The zero-order valence-corrected chi connectivity index (χ0v) is 84.0. The number of thiazole rings is 3. The average Bonchev–Trinajstić information content (AvgIpc) is 1.61. The number of nitrogen functional groups attached to an aromatic ring is 2. The molecule has 10 aromatic carbocycles. The number of carbonyl (C=O) groups is 5. The van der Waals surface area contributed by atoms with Crippen molar-refractivity contribution in [1.82, 2.24) is 23.8 Å². The number of Topliss-reactive ketones (excluding diaryl/α,β-unsaturated/α-hetero) is 5. The van der Waals surface area contributed by atoms with Crippen LogP contribution in [0.15, 0.2) is 246 Å². The maximum absolute atomic E-state index is 11.5. The second-order valence-electron chi connectivity index (χ2n) is 29.9. The number of aromatic nitrogens is 5. The first-order valence-corrected chi connectivity index (χ1v) is 55.1. The summed E-state index contributed by atoms with van der Waals surface area (Å²) in [7, 11) is 24.0. The summed E-state index contributed by atoms with van der Waals surface area (Å²) in [6.07, 6.45) is 4.85.